The minimum atomic E-state index is -0.473. The Morgan fingerprint density at radius 2 is 1.89 bits per heavy atom. The van der Waals surface area contributed by atoms with E-state index in [-0.39, 0.29) is 28.8 Å². The van der Waals surface area contributed by atoms with Crippen molar-refractivity contribution in [2.75, 3.05) is 0 Å². The Labute approximate surface area is 162 Å². The molecule has 0 aromatic heterocycles. The molecule has 27 heavy (non-hydrogen) atoms. The zero-order valence-electron chi connectivity index (χ0n) is 17.0. The molecule has 4 nitrogen and oxygen atoms in total. The number of ether oxygens (including phenoxy) is 1. The Hall–Kier alpha value is -1.16. The van der Waals surface area contributed by atoms with Gasteiger partial charge < -0.3 is 9.84 Å². The number of aliphatic hydroxyl groups is 1. The van der Waals surface area contributed by atoms with Gasteiger partial charge in [0.25, 0.3) is 0 Å². The summed E-state index contributed by atoms with van der Waals surface area (Å²) in [7, 11) is 0. The maximum Gasteiger partial charge on any atom is 0.306 e. The number of esters is 1. The number of aliphatic hydroxyl groups excluding tert-OH is 1. The lowest BCUT2D eigenvalue weighted by molar-refractivity contribution is -0.152. The van der Waals surface area contributed by atoms with Gasteiger partial charge in [0.1, 0.15) is 11.9 Å². The number of fused-ring (bicyclic) bond motifs is 5. The molecule has 4 aliphatic rings. The highest BCUT2D eigenvalue weighted by Crippen LogP contribution is 2.64. The smallest absolute Gasteiger partial charge is 0.306 e. The highest BCUT2D eigenvalue weighted by atomic mass is 16.5. The third kappa shape index (κ3) is 2.90. The normalized spacial score (nSPS) is 46.1. The van der Waals surface area contributed by atoms with Crippen molar-refractivity contribution >= 4 is 11.8 Å². The number of hydrogen-bond acceptors (Lipinski definition) is 4. The second-order valence-corrected chi connectivity index (χ2v) is 9.91. The van der Waals surface area contributed by atoms with E-state index in [1.807, 2.05) is 6.92 Å². The van der Waals surface area contributed by atoms with Crippen molar-refractivity contribution < 1.29 is 19.4 Å². The molecule has 3 saturated carbocycles. The Bertz CT molecular complexity index is 667. The molecule has 0 spiro atoms. The lowest BCUT2D eigenvalue weighted by atomic mass is 9.47. The standard InChI is InChI=1S/C23H34O4/c1-4-5-20(26)27-15-8-10-22(2)14(12-15)13-18(24)21-16-6-7-19(25)23(16,3)11-9-17(21)22/h13,15-18,21,24H,4-12H2,1-3H3/t15-,16-,17-,18?,21-,22-,23-/m0/s1. The van der Waals surface area contributed by atoms with Crippen molar-refractivity contribution in [1.82, 2.24) is 0 Å². The monoisotopic (exact) mass is 374 g/mol. The Morgan fingerprint density at radius 1 is 1.19 bits per heavy atom. The summed E-state index contributed by atoms with van der Waals surface area (Å²) in [6.45, 7) is 6.48. The number of hydrogen-bond donors (Lipinski definition) is 1. The molecule has 4 heteroatoms. The highest BCUT2D eigenvalue weighted by Gasteiger charge is 2.60. The maximum atomic E-state index is 12.5. The Balaban J connectivity index is 1.57. The molecular weight excluding hydrogens is 340 g/mol. The largest absolute Gasteiger partial charge is 0.462 e. The second kappa shape index (κ2) is 6.72. The third-order valence-corrected chi connectivity index (χ3v) is 8.55. The van der Waals surface area contributed by atoms with Crippen LogP contribution in [0.4, 0.5) is 0 Å². The fourth-order valence-corrected chi connectivity index (χ4v) is 6.94. The van der Waals surface area contributed by atoms with Gasteiger partial charge in [0.15, 0.2) is 0 Å². The van der Waals surface area contributed by atoms with Crippen molar-refractivity contribution in [2.24, 2.45) is 28.6 Å². The van der Waals surface area contributed by atoms with Gasteiger partial charge in [0.2, 0.25) is 0 Å². The van der Waals surface area contributed by atoms with E-state index in [0.717, 1.165) is 44.9 Å². The van der Waals surface area contributed by atoms with Crippen LogP contribution in [0, 0.1) is 28.6 Å². The zero-order valence-corrected chi connectivity index (χ0v) is 17.0. The van der Waals surface area contributed by atoms with E-state index in [9.17, 15) is 14.7 Å². The maximum absolute atomic E-state index is 12.5. The van der Waals surface area contributed by atoms with Gasteiger partial charge in [0.05, 0.1) is 6.10 Å². The van der Waals surface area contributed by atoms with Crippen LogP contribution in [0.3, 0.4) is 0 Å². The van der Waals surface area contributed by atoms with Crippen molar-refractivity contribution in [3.8, 4) is 0 Å². The van der Waals surface area contributed by atoms with E-state index in [2.05, 4.69) is 19.9 Å². The molecule has 7 atom stereocenters. The van der Waals surface area contributed by atoms with E-state index in [0.29, 0.717) is 30.5 Å². The van der Waals surface area contributed by atoms with Crippen molar-refractivity contribution in [2.45, 2.75) is 90.8 Å². The fraction of sp³-hybridized carbons (Fsp3) is 0.826. The summed E-state index contributed by atoms with van der Waals surface area (Å²) < 4.78 is 5.69. The molecule has 0 aromatic carbocycles. The van der Waals surface area contributed by atoms with Gasteiger partial charge in [0, 0.05) is 24.7 Å². The van der Waals surface area contributed by atoms with Gasteiger partial charge in [-0.3, -0.25) is 9.59 Å². The summed E-state index contributed by atoms with van der Waals surface area (Å²) >= 11 is 0. The summed E-state index contributed by atoms with van der Waals surface area (Å²) in [5.74, 6) is 1.25. The van der Waals surface area contributed by atoms with Crippen LogP contribution in [0.5, 0.6) is 0 Å². The summed E-state index contributed by atoms with van der Waals surface area (Å²) in [5, 5.41) is 11.1. The van der Waals surface area contributed by atoms with Gasteiger partial charge in [-0.15, -0.1) is 0 Å². The molecule has 0 bridgehead atoms. The Morgan fingerprint density at radius 3 is 2.63 bits per heavy atom. The molecule has 0 aromatic rings. The first-order valence-electron chi connectivity index (χ1n) is 10.9. The van der Waals surface area contributed by atoms with E-state index in [4.69, 9.17) is 4.74 Å². The van der Waals surface area contributed by atoms with E-state index < -0.39 is 6.10 Å². The average molecular weight is 375 g/mol. The van der Waals surface area contributed by atoms with E-state index >= 15 is 0 Å². The second-order valence-electron chi connectivity index (χ2n) is 9.91. The molecule has 4 aliphatic carbocycles. The van der Waals surface area contributed by atoms with Crippen LogP contribution >= 0.6 is 0 Å². The van der Waals surface area contributed by atoms with E-state index in [1.165, 1.54) is 5.57 Å². The topological polar surface area (TPSA) is 63.6 Å². The predicted molar refractivity (Wildman–Crippen MR) is 103 cm³/mol. The van der Waals surface area contributed by atoms with Crippen LogP contribution < -0.4 is 0 Å². The number of rotatable bonds is 3. The van der Waals surface area contributed by atoms with Gasteiger partial charge in [-0.1, -0.05) is 32.4 Å². The van der Waals surface area contributed by atoms with E-state index in [1.54, 1.807) is 0 Å². The molecule has 0 saturated heterocycles. The van der Waals surface area contributed by atoms with Crippen LogP contribution in [0.15, 0.2) is 11.6 Å². The van der Waals surface area contributed by atoms with Crippen molar-refractivity contribution in [1.29, 1.82) is 0 Å². The predicted octanol–water partition coefficient (Wildman–Crippen LogP) is 4.20. The first-order chi connectivity index (χ1) is 12.8. The third-order valence-electron chi connectivity index (χ3n) is 8.55. The van der Waals surface area contributed by atoms with Gasteiger partial charge >= 0.3 is 5.97 Å². The molecule has 4 rings (SSSR count). The Kier molecular flexibility index (Phi) is 4.77. The summed E-state index contributed by atoms with van der Waals surface area (Å²) in [5.41, 5.74) is 1.13. The van der Waals surface area contributed by atoms with Crippen LogP contribution in [-0.4, -0.2) is 29.1 Å². The first kappa shape index (κ1) is 19.2. The molecule has 0 aliphatic heterocycles. The van der Waals surface area contributed by atoms with Crippen LogP contribution in [0.25, 0.3) is 0 Å². The molecule has 1 N–H and O–H groups in total. The molecule has 0 amide bonds. The minimum Gasteiger partial charge on any atom is -0.462 e. The fourth-order valence-electron chi connectivity index (χ4n) is 6.94. The lowest BCUT2D eigenvalue weighted by Gasteiger charge is -2.58. The molecule has 0 radical (unpaired) electrons. The van der Waals surface area contributed by atoms with Gasteiger partial charge in [-0.05, 0) is 61.7 Å². The van der Waals surface area contributed by atoms with Crippen molar-refractivity contribution in [3.05, 3.63) is 11.6 Å². The zero-order chi connectivity index (χ0) is 19.4. The summed E-state index contributed by atoms with van der Waals surface area (Å²) in [6.07, 6.45) is 9.11. The number of carbonyl (C=O) groups excluding carboxylic acids is 2. The van der Waals surface area contributed by atoms with Crippen molar-refractivity contribution in [3.63, 3.8) is 0 Å². The number of ketones is 1. The summed E-state index contributed by atoms with van der Waals surface area (Å²) in [6, 6.07) is 0. The minimum absolute atomic E-state index is 0.0472. The molecule has 3 fully saturated rings. The highest BCUT2D eigenvalue weighted by molar-refractivity contribution is 5.87. The summed E-state index contributed by atoms with van der Waals surface area (Å²) in [4.78, 5) is 24.4. The van der Waals surface area contributed by atoms with Gasteiger partial charge in [-0.25, -0.2) is 0 Å². The molecular formula is C23H34O4. The van der Waals surface area contributed by atoms with Crippen LogP contribution in [-0.2, 0) is 14.3 Å². The molecule has 0 heterocycles. The molecule has 1 unspecified atom stereocenters. The molecule has 150 valence electrons. The van der Waals surface area contributed by atoms with Crippen LogP contribution in [0.1, 0.15) is 78.6 Å². The number of Topliss-reactive ketones (excluding diaryl/α,β-unsaturated/α-hetero) is 1. The first-order valence-corrected chi connectivity index (χ1v) is 10.9. The van der Waals surface area contributed by atoms with Crippen LogP contribution in [0.2, 0.25) is 0 Å². The van der Waals surface area contributed by atoms with Gasteiger partial charge in [-0.2, -0.15) is 0 Å². The number of carbonyl (C=O) groups is 2. The SMILES string of the molecule is CCCC(=O)O[C@H]1CC[C@@]2(C)C(=CC(O)[C@@H]3[C@@H]2CC[C@]2(C)C(=O)CC[C@@H]32)C1. The quantitative estimate of drug-likeness (QED) is 0.594. The average Bonchev–Trinajstić information content (AvgIpc) is 2.92. The lowest BCUT2D eigenvalue weighted by Crippen LogP contribution is -2.54.